The Morgan fingerprint density at radius 2 is 2.21 bits per heavy atom. The summed E-state index contributed by atoms with van der Waals surface area (Å²) in [6, 6.07) is 1.97. The van der Waals surface area contributed by atoms with Crippen molar-refractivity contribution in [3.8, 4) is 0 Å². The molecule has 0 aliphatic heterocycles. The Morgan fingerprint density at radius 3 is 2.79 bits per heavy atom. The summed E-state index contributed by atoms with van der Waals surface area (Å²) in [7, 11) is 5.78. The number of halogens is 2. The molecular weight excluding hydrogens is 441 g/mol. The summed E-state index contributed by atoms with van der Waals surface area (Å²) in [5.74, 6) is 1.84. The zero-order chi connectivity index (χ0) is 16.8. The van der Waals surface area contributed by atoms with Gasteiger partial charge in [-0.25, -0.2) is 0 Å². The van der Waals surface area contributed by atoms with Crippen molar-refractivity contribution in [3.63, 3.8) is 0 Å². The van der Waals surface area contributed by atoms with Crippen LogP contribution in [-0.4, -0.2) is 50.8 Å². The van der Waals surface area contributed by atoms with Crippen LogP contribution in [0.2, 0.25) is 5.02 Å². The molecule has 134 valence electrons. The molecule has 2 aromatic heterocycles. The number of rotatable bonds is 6. The van der Waals surface area contributed by atoms with Crippen LogP contribution >= 0.6 is 35.6 Å². The van der Waals surface area contributed by atoms with Crippen LogP contribution in [0, 0.1) is 0 Å². The SMILES string of the molecule is CCc1nncn1CCNC(=NC)N(C)Cc1cc(Cl)cn1C.I. The number of hydrogen-bond donors (Lipinski definition) is 1. The Hall–Kier alpha value is -1.29. The number of aliphatic imine (C=N–C) groups is 1. The lowest BCUT2D eigenvalue weighted by Crippen LogP contribution is -2.40. The van der Waals surface area contributed by atoms with Gasteiger partial charge in [-0.3, -0.25) is 4.99 Å². The van der Waals surface area contributed by atoms with Crippen LogP contribution in [0.1, 0.15) is 18.4 Å². The minimum Gasteiger partial charge on any atom is -0.354 e. The quantitative estimate of drug-likeness (QED) is 0.403. The summed E-state index contributed by atoms with van der Waals surface area (Å²) in [4.78, 5) is 6.40. The first kappa shape index (κ1) is 20.8. The number of nitrogens with one attached hydrogen (secondary N) is 1. The van der Waals surface area contributed by atoms with E-state index in [1.54, 1.807) is 13.4 Å². The van der Waals surface area contributed by atoms with Gasteiger partial charge in [0, 0.05) is 52.5 Å². The molecule has 0 spiro atoms. The van der Waals surface area contributed by atoms with E-state index >= 15 is 0 Å². The zero-order valence-corrected chi connectivity index (χ0v) is 17.6. The molecule has 0 radical (unpaired) electrons. The summed E-state index contributed by atoms with van der Waals surface area (Å²) in [6.07, 6.45) is 4.54. The highest BCUT2D eigenvalue weighted by atomic mass is 127. The highest BCUT2D eigenvalue weighted by Gasteiger charge is 2.10. The van der Waals surface area contributed by atoms with Crippen molar-refractivity contribution < 1.29 is 0 Å². The molecule has 2 aromatic rings. The summed E-state index contributed by atoms with van der Waals surface area (Å²) in [5, 5.41) is 12.1. The van der Waals surface area contributed by atoms with Crippen LogP contribution in [0.5, 0.6) is 0 Å². The van der Waals surface area contributed by atoms with Gasteiger partial charge in [-0.05, 0) is 6.07 Å². The molecule has 1 N–H and O–H groups in total. The number of hydrogen-bond acceptors (Lipinski definition) is 3. The van der Waals surface area contributed by atoms with Gasteiger partial charge in [0.05, 0.1) is 11.6 Å². The smallest absolute Gasteiger partial charge is 0.193 e. The van der Waals surface area contributed by atoms with Crippen LogP contribution in [0.3, 0.4) is 0 Å². The van der Waals surface area contributed by atoms with Gasteiger partial charge in [-0.15, -0.1) is 34.2 Å². The molecule has 0 unspecified atom stereocenters. The molecule has 0 aliphatic carbocycles. The standard InChI is InChI=1S/C15H24ClN7.HI/c1-5-14-20-19-11-23(14)7-6-18-15(17-2)22(4)10-13-8-12(16)9-21(13)3;/h8-9,11H,5-7,10H2,1-4H3,(H,17,18);1H. The molecule has 0 bridgehead atoms. The lowest BCUT2D eigenvalue weighted by Gasteiger charge is -2.22. The Morgan fingerprint density at radius 1 is 1.46 bits per heavy atom. The van der Waals surface area contributed by atoms with Crippen LogP contribution in [0.15, 0.2) is 23.6 Å². The van der Waals surface area contributed by atoms with Gasteiger partial charge in [0.25, 0.3) is 0 Å². The monoisotopic (exact) mass is 465 g/mol. The molecule has 24 heavy (non-hydrogen) atoms. The maximum Gasteiger partial charge on any atom is 0.193 e. The summed E-state index contributed by atoms with van der Waals surface area (Å²) >= 11 is 6.03. The van der Waals surface area contributed by atoms with E-state index in [1.165, 1.54) is 0 Å². The largest absolute Gasteiger partial charge is 0.354 e. The number of aromatic nitrogens is 4. The molecule has 7 nitrogen and oxygen atoms in total. The average Bonchev–Trinajstić information content (AvgIpc) is 3.09. The molecular formula is C15H25ClIN7. The van der Waals surface area contributed by atoms with Crippen LogP contribution in [-0.2, 0) is 26.6 Å². The Kier molecular flexibility index (Phi) is 8.54. The van der Waals surface area contributed by atoms with Gasteiger partial charge in [0.1, 0.15) is 12.2 Å². The van der Waals surface area contributed by atoms with Crippen molar-refractivity contribution >= 4 is 41.5 Å². The van der Waals surface area contributed by atoms with E-state index in [-0.39, 0.29) is 24.0 Å². The van der Waals surface area contributed by atoms with E-state index in [0.717, 1.165) is 48.6 Å². The van der Waals surface area contributed by atoms with E-state index in [9.17, 15) is 0 Å². The van der Waals surface area contributed by atoms with Crippen LogP contribution in [0.25, 0.3) is 0 Å². The van der Waals surface area contributed by atoms with Gasteiger partial charge in [-0.1, -0.05) is 18.5 Å². The van der Waals surface area contributed by atoms with E-state index in [1.807, 2.05) is 30.9 Å². The van der Waals surface area contributed by atoms with Gasteiger partial charge < -0.3 is 19.4 Å². The molecule has 0 aromatic carbocycles. The van der Waals surface area contributed by atoms with Crippen molar-refractivity contribution in [3.05, 3.63) is 35.1 Å². The lowest BCUT2D eigenvalue weighted by molar-refractivity contribution is 0.458. The van der Waals surface area contributed by atoms with Crippen LogP contribution in [0.4, 0.5) is 0 Å². The second-order valence-corrected chi connectivity index (χ2v) is 5.82. The predicted octanol–water partition coefficient (Wildman–Crippen LogP) is 2.16. The molecule has 0 fully saturated rings. The van der Waals surface area contributed by atoms with E-state index in [4.69, 9.17) is 11.6 Å². The second kappa shape index (κ2) is 9.87. The van der Waals surface area contributed by atoms with Gasteiger partial charge in [0.2, 0.25) is 0 Å². The molecule has 2 heterocycles. The third kappa shape index (κ3) is 5.37. The third-order valence-corrected chi connectivity index (χ3v) is 3.90. The highest BCUT2D eigenvalue weighted by Crippen LogP contribution is 2.14. The van der Waals surface area contributed by atoms with Crippen molar-refractivity contribution in [2.75, 3.05) is 20.6 Å². The number of guanidine groups is 1. The molecule has 0 aliphatic rings. The predicted molar refractivity (Wildman–Crippen MR) is 108 cm³/mol. The van der Waals surface area contributed by atoms with Gasteiger partial charge in [-0.2, -0.15) is 0 Å². The fourth-order valence-corrected chi connectivity index (χ4v) is 2.73. The Balaban J connectivity index is 0.00000288. The third-order valence-electron chi connectivity index (χ3n) is 3.69. The Bertz CT molecular complexity index is 665. The molecule has 0 saturated heterocycles. The van der Waals surface area contributed by atoms with Crippen molar-refractivity contribution in [2.45, 2.75) is 26.4 Å². The lowest BCUT2D eigenvalue weighted by atomic mass is 10.4. The topological polar surface area (TPSA) is 63.3 Å². The van der Waals surface area contributed by atoms with Gasteiger partial charge in [0.15, 0.2) is 5.96 Å². The maximum absolute atomic E-state index is 6.03. The normalized spacial score (nSPS) is 11.3. The maximum atomic E-state index is 6.03. The first-order valence-electron chi connectivity index (χ1n) is 7.64. The fourth-order valence-electron chi connectivity index (χ4n) is 2.45. The molecule has 9 heteroatoms. The molecule has 2 rings (SSSR count). The summed E-state index contributed by atoms with van der Waals surface area (Å²) in [6.45, 7) is 4.37. The van der Waals surface area contributed by atoms with E-state index < -0.39 is 0 Å². The second-order valence-electron chi connectivity index (χ2n) is 5.38. The molecule has 0 saturated carbocycles. The van der Waals surface area contributed by atoms with Crippen molar-refractivity contribution in [1.82, 2.24) is 29.5 Å². The van der Waals surface area contributed by atoms with Crippen LogP contribution < -0.4 is 5.32 Å². The average molecular weight is 466 g/mol. The minimum absolute atomic E-state index is 0. The molecule has 0 amide bonds. The first-order valence-corrected chi connectivity index (χ1v) is 8.02. The van der Waals surface area contributed by atoms with Crippen molar-refractivity contribution in [1.29, 1.82) is 0 Å². The highest BCUT2D eigenvalue weighted by molar-refractivity contribution is 14.0. The fraction of sp³-hybridized carbons (Fsp3) is 0.533. The van der Waals surface area contributed by atoms with E-state index in [2.05, 4.69) is 36.9 Å². The van der Waals surface area contributed by atoms with E-state index in [0.29, 0.717) is 0 Å². The Labute approximate surface area is 165 Å². The minimum atomic E-state index is 0. The van der Waals surface area contributed by atoms with Crippen molar-refractivity contribution in [2.24, 2.45) is 12.0 Å². The molecule has 0 atom stereocenters. The summed E-state index contributed by atoms with van der Waals surface area (Å²) < 4.78 is 4.08. The van der Waals surface area contributed by atoms with Gasteiger partial charge >= 0.3 is 0 Å². The number of aryl methyl sites for hydroxylation is 2. The summed E-state index contributed by atoms with van der Waals surface area (Å²) in [5.41, 5.74) is 1.13. The number of nitrogens with zero attached hydrogens (tertiary/aromatic N) is 6. The first-order chi connectivity index (χ1) is 11.0. The zero-order valence-electron chi connectivity index (χ0n) is 14.5.